The number of hydrogen-bond donors (Lipinski definition) is 3. The minimum Gasteiger partial charge on any atom is -0.481 e. The summed E-state index contributed by atoms with van der Waals surface area (Å²) in [6.07, 6.45) is 4.15. The second kappa shape index (κ2) is 4.58. The van der Waals surface area contributed by atoms with Crippen molar-refractivity contribution in [2.75, 3.05) is 7.11 Å². The second-order valence-electron chi connectivity index (χ2n) is 3.92. The molecule has 8 heteroatoms. The first-order valence-electron chi connectivity index (χ1n) is 5.38. The number of pyridine rings is 1. The molecular weight excluding hydrogens is 250 g/mol. The van der Waals surface area contributed by atoms with Crippen molar-refractivity contribution in [2.24, 2.45) is 11.5 Å². The predicted octanol–water partition coefficient (Wildman–Crippen LogP) is -0.234. The average Bonchev–Trinajstić information content (AvgIpc) is 2.38. The van der Waals surface area contributed by atoms with Gasteiger partial charge in [-0.25, -0.2) is 4.98 Å². The van der Waals surface area contributed by atoms with E-state index < -0.39 is 10.6 Å². The van der Waals surface area contributed by atoms with Crippen molar-refractivity contribution in [1.82, 2.24) is 10.3 Å². The molecule has 1 aliphatic rings. The van der Waals surface area contributed by atoms with Gasteiger partial charge in [-0.1, -0.05) is 0 Å². The topological polar surface area (TPSA) is 129 Å². The van der Waals surface area contributed by atoms with Gasteiger partial charge in [-0.15, -0.1) is 0 Å². The van der Waals surface area contributed by atoms with E-state index in [0.717, 1.165) is 0 Å². The molecule has 1 atom stereocenters. The summed E-state index contributed by atoms with van der Waals surface area (Å²) >= 11 is 0. The SMILES string of the molecule is COc1ncccc1C1(N)NC(N)=CC=C1[N+](=O)[O-]. The molecule has 1 aromatic heterocycles. The molecule has 1 unspecified atom stereocenters. The molecule has 1 aromatic rings. The van der Waals surface area contributed by atoms with Crippen molar-refractivity contribution in [3.8, 4) is 5.88 Å². The van der Waals surface area contributed by atoms with Gasteiger partial charge in [0.1, 0.15) is 0 Å². The molecule has 100 valence electrons. The molecule has 2 heterocycles. The molecule has 5 N–H and O–H groups in total. The van der Waals surface area contributed by atoms with Gasteiger partial charge in [-0.2, -0.15) is 0 Å². The summed E-state index contributed by atoms with van der Waals surface area (Å²) in [4.78, 5) is 14.6. The molecule has 0 saturated carbocycles. The number of methoxy groups -OCH3 is 1. The lowest BCUT2D eigenvalue weighted by Crippen LogP contribution is -2.55. The number of nitrogens with one attached hydrogen (secondary N) is 1. The summed E-state index contributed by atoms with van der Waals surface area (Å²) in [5.74, 6) is 0.416. The van der Waals surface area contributed by atoms with E-state index in [2.05, 4.69) is 10.3 Å². The zero-order valence-electron chi connectivity index (χ0n) is 10.2. The summed E-state index contributed by atoms with van der Waals surface area (Å²) in [5, 5.41) is 13.8. The lowest BCUT2D eigenvalue weighted by Gasteiger charge is -2.31. The van der Waals surface area contributed by atoms with Gasteiger partial charge in [0, 0.05) is 12.3 Å². The molecule has 8 nitrogen and oxygen atoms in total. The van der Waals surface area contributed by atoms with E-state index in [9.17, 15) is 10.1 Å². The second-order valence-corrected chi connectivity index (χ2v) is 3.92. The zero-order chi connectivity index (χ0) is 14.0. The molecule has 2 rings (SSSR count). The van der Waals surface area contributed by atoms with E-state index in [-0.39, 0.29) is 17.4 Å². The van der Waals surface area contributed by atoms with Crippen molar-refractivity contribution in [1.29, 1.82) is 0 Å². The average molecular weight is 263 g/mol. The van der Waals surface area contributed by atoms with Gasteiger partial charge in [-0.05, 0) is 18.2 Å². The third-order valence-corrected chi connectivity index (χ3v) is 2.75. The van der Waals surface area contributed by atoms with Gasteiger partial charge >= 0.3 is 0 Å². The summed E-state index contributed by atoms with van der Waals surface area (Å²) in [6.45, 7) is 0. The molecule has 0 aliphatic carbocycles. The number of aromatic nitrogens is 1. The van der Waals surface area contributed by atoms with Gasteiger partial charge < -0.3 is 15.8 Å². The van der Waals surface area contributed by atoms with E-state index in [0.29, 0.717) is 5.56 Å². The molecule has 0 radical (unpaired) electrons. The van der Waals surface area contributed by atoms with Crippen LogP contribution >= 0.6 is 0 Å². The van der Waals surface area contributed by atoms with Gasteiger partial charge in [0.2, 0.25) is 11.5 Å². The largest absolute Gasteiger partial charge is 0.481 e. The van der Waals surface area contributed by atoms with Crippen LogP contribution in [0.1, 0.15) is 5.56 Å². The van der Waals surface area contributed by atoms with Crippen LogP contribution in [0.2, 0.25) is 0 Å². The summed E-state index contributed by atoms with van der Waals surface area (Å²) < 4.78 is 5.09. The van der Waals surface area contributed by atoms with E-state index in [1.165, 1.54) is 25.5 Å². The molecule has 0 spiro atoms. The summed E-state index contributed by atoms with van der Waals surface area (Å²) in [7, 11) is 1.41. The zero-order valence-corrected chi connectivity index (χ0v) is 10.2. The smallest absolute Gasteiger partial charge is 0.291 e. The van der Waals surface area contributed by atoms with Gasteiger partial charge in [0.05, 0.1) is 23.4 Å². The van der Waals surface area contributed by atoms with E-state index in [1.54, 1.807) is 12.1 Å². The number of ether oxygens (including phenoxy) is 1. The van der Waals surface area contributed by atoms with Crippen LogP contribution in [-0.2, 0) is 5.66 Å². The van der Waals surface area contributed by atoms with Crippen molar-refractivity contribution < 1.29 is 9.66 Å². The predicted molar refractivity (Wildman–Crippen MR) is 67.1 cm³/mol. The lowest BCUT2D eigenvalue weighted by atomic mass is 9.95. The maximum absolute atomic E-state index is 11.1. The minimum atomic E-state index is -1.60. The van der Waals surface area contributed by atoms with Gasteiger partial charge in [0.25, 0.3) is 5.70 Å². The van der Waals surface area contributed by atoms with Crippen LogP contribution in [-0.4, -0.2) is 17.0 Å². The lowest BCUT2D eigenvalue weighted by molar-refractivity contribution is -0.437. The molecule has 0 aromatic carbocycles. The molecule has 0 saturated heterocycles. The van der Waals surface area contributed by atoms with Crippen molar-refractivity contribution in [2.45, 2.75) is 5.66 Å². The first-order valence-corrected chi connectivity index (χ1v) is 5.38. The Morgan fingerprint density at radius 1 is 1.53 bits per heavy atom. The van der Waals surface area contributed by atoms with Crippen LogP contribution < -0.4 is 21.5 Å². The molecule has 0 amide bonds. The van der Waals surface area contributed by atoms with E-state index >= 15 is 0 Å². The normalized spacial score (nSPS) is 22.0. The van der Waals surface area contributed by atoms with Crippen LogP contribution in [0.4, 0.5) is 0 Å². The quantitative estimate of drug-likeness (QED) is 0.507. The fourth-order valence-corrected chi connectivity index (χ4v) is 1.90. The van der Waals surface area contributed by atoms with E-state index in [4.69, 9.17) is 16.2 Å². The Bertz CT molecular complexity index is 583. The molecule has 19 heavy (non-hydrogen) atoms. The Morgan fingerprint density at radius 2 is 2.26 bits per heavy atom. The van der Waals surface area contributed by atoms with Gasteiger partial charge in [0.15, 0.2) is 0 Å². The molecular formula is C11H13N5O3. The minimum absolute atomic E-state index is 0.194. The van der Waals surface area contributed by atoms with Crippen LogP contribution in [0.25, 0.3) is 0 Å². The van der Waals surface area contributed by atoms with Crippen LogP contribution in [0, 0.1) is 10.1 Å². The standard InChI is InChI=1S/C11H13N5O3/c1-19-10-7(3-2-6-14-10)11(13)8(16(17)18)4-5-9(12)15-11/h2-6,15H,12-13H2,1H3. The van der Waals surface area contributed by atoms with Crippen LogP contribution in [0.15, 0.2) is 42.0 Å². The fraction of sp³-hybridized carbons (Fsp3) is 0.182. The number of allylic oxidation sites excluding steroid dienone is 2. The Balaban J connectivity index is 2.60. The maximum atomic E-state index is 11.1. The summed E-state index contributed by atoms with van der Waals surface area (Å²) in [5.41, 5.74) is 10.3. The van der Waals surface area contributed by atoms with Crippen LogP contribution in [0.5, 0.6) is 5.88 Å². The molecule has 0 fully saturated rings. The Kier molecular flexibility index (Phi) is 3.09. The van der Waals surface area contributed by atoms with Crippen molar-refractivity contribution in [3.63, 3.8) is 0 Å². The Labute approximate surface area is 108 Å². The number of nitrogens with zero attached hydrogens (tertiary/aromatic N) is 2. The molecule has 1 aliphatic heterocycles. The number of rotatable bonds is 3. The van der Waals surface area contributed by atoms with E-state index in [1.807, 2.05) is 0 Å². The molecule has 0 bridgehead atoms. The van der Waals surface area contributed by atoms with Gasteiger partial charge in [-0.3, -0.25) is 15.8 Å². The third-order valence-electron chi connectivity index (χ3n) is 2.75. The monoisotopic (exact) mass is 263 g/mol. The first-order chi connectivity index (χ1) is 8.99. The number of dihydropyridines is 1. The first kappa shape index (κ1) is 12.8. The summed E-state index contributed by atoms with van der Waals surface area (Å²) in [6, 6.07) is 3.20. The fourth-order valence-electron chi connectivity index (χ4n) is 1.90. The highest BCUT2D eigenvalue weighted by atomic mass is 16.6. The highest BCUT2D eigenvalue weighted by Gasteiger charge is 2.45. The third kappa shape index (κ3) is 2.08. The van der Waals surface area contributed by atoms with Crippen molar-refractivity contribution in [3.05, 3.63) is 57.7 Å². The highest BCUT2D eigenvalue weighted by Crippen LogP contribution is 2.32. The highest BCUT2D eigenvalue weighted by molar-refractivity contribution is 5.42. The number of nitrogens with two attached hydrogens (primary N) is 2. The number of nitro groups is 1. The Morgan fingerprint density at radius 3 is 2.89 bits per heavy atom. The van der Waals surface area contributed by atoms with Crippen molar-refractivity contribution >= 4 is 0 Å². The number of hydrogen-bond acceptors (Lipinski definition) is 7. The van der Waals surface area contributed by atoms with Crippen LogP contribution in [0.3, 0.4) is 0 Å². The maximum Gasteiger partial charge on any atom is 0.291 e. The Hall–Kier alpha value is -2.61.